The summed E-state index contributed by atoms with van der Waals surface area (Å²) in [7, 11) is 5.87. The number of hydrogen-bond acceptors (Lipinski definition) is 8. The predicted octanol–water partition coefficient (Wildman–Crippen LogP) is 9.60. The van der Waals surface area contributed by atoms with Gasteiger partial charge in [0.25, 0.3) is 0 Å². The highest BCUT2D eigenvalue weighted by molar-refractivity contribution is 5.70. The van der Waals surface area contributed by atoms with Gasteiger partial charge in [-0.3, -0.25) is 9.59 Å². The van der Waals surface area contributed by atoms with E-state index >= 15 is 0 Å². The fourth-order valence-electron chi connectivity index (χ4n) is 5.05. The zero-order valence-corrected chi connectivity index (χ0v) is 35.7. The molecule has 0 aliphatic carbocycles. The summed E-state index contributed by atoms with van der Waals surface area (Å²) in [6.45, 7) is 4.46. The maximum absolute atomic E-state index is 12.7. The Labute approximate surface area is 340 Å². The van der Waals surface area contributed by atoms with Gasteiger partial charge in [0.05, 0.1) is 40.3 Å². The van der Waals surface area contributed by atoms with Crippen LogP contribution in [0, 0.1) is 0 Å². The molecular weight excluding hydrogens is 707 g/mol. The molecule has 0 heterocycles. The molecule has 0 aromatic carbocycles. The number of carboxylic acids is 1. The van der Waals surface area contributed by atoms with E-state index in [1.807, 2.05) is 27.2 Å². The molecule has 318 valence electrons. The van der Waals surface area contributed by atoms with E-state index < -0.39 is 30.3 Å². The normalized spacial score (nSPS) is 13.8. The number of carbonyl (C=O) groups excluding carboxylic acids is 3. The molecule has 56 heavy (non-hydrogen) atoms. The van der Waals surface area contributed by atoms with Crippen LogP contribution in [-0.4, -0.2) is 82.3 Å². The lowest BCUT2D eigenvalue weighted by Gasteiger charge is -2.26. The number of rotatable bonds is 37. The monoisotopic (exact) mass is 784 g/mol. The molecule has 0 fully saturated rings. The fraction of sp³-hybridized carbons (Fsp3) is 0.638. The summed E-state index contributed by atoms with van der Waals surface area (Å²) in [5, 5.41) is 11.7. The van der Waals surface area contributed by atoms with Gasteiger partial charge in [0, 0.05) is 12.8 Å². The van der Waals surface area contributed by atoms with Crippen molar-refractivity contribution in [3.05, 3.63) is 85.1 Å². The first-order valence-corrected chi connectivity index (χ1v) is 21.2. The van der Waals surface area contributed by atoms with Crippen molar-refractivity contribution in [1.29, 1.82) is 0 Å². The van der Waals surface area contributed by atoms with E-state index in [9.17, 15) is 19.5 Å². The minimum Gasteiger partial charge on any atom is -0.545 e. The van der Waals surface area contributed by atoms with Crippen LogP contribution in [0.5, 0.6) is 0 Å². The van der Waals surface area contributed by atoms with E-state index in [-0.39, 0.29) is 32.7 Å². The highest BCUT2D eigenvalue weighted by atomic mass is 16.7. The van der Waals surface area contributed by atoms with Crippen molar-refractivity contribution in [3.63, 3.8) is 0 Å². The number of unbranched alkanes of at least 4 members (excludes halogenated alkanes) is 8. The van der Waals surface area contributed by atoms with Crippen molar-refractivity contribution in [2.45, 2.75) is 148 Å². The Morgan fingerprint density at radius 2 is 1.04 bits per heavy atom. The molecule has 0 spiro atoms. The first kappa shape index (κ1) is 52.5. The van der Waals surface area contributed by atoms with Crippen molar-refractivity contribution in [1.82, 2.24) is 0 Å². The van der Waals surface area contributed by atoms with Crippen LogP contribution in [-0.2, 0) is 33.3 Å². The Morgan fingerprint density at radius 3 is 1.57 bits per heavy atom. The highest BCUT2D eigenvalue weighted by Gasteiger charge is 2.21. The average molecular weight is 784 g/mol. The van der Waals surface area contributed by atoms with E-state index in [1.165, 1.54) is 12.8 Å². The number of ether oxygens (including phenoxy) is 4. The molecule has 9 nitrogen and oxygen atoms in total. The maximum atomic E-state index is 12.7. The Hall–Kier alpha value is -3.53. The van der Waals surface area contributed by atoms with Crippen molar-refractivity contribution in [2.24, 2.45) is 0 Å². The van der Waals surface area contributed by atoms with Gasteiger partial charge in [-0.1, -0.05) is 131 Å². The molecule has 0 saturated carbocycles. The van der Waals surface area contributed by atoms with Gasteiger partial charge in [-0.2, -0.15) is 0 Å². The lowest BCUT2D eigenvalue weighted by molar-refractivity contribution is -0.870. The van der Waals surface area contributed by atoms with Gasteiger partial charge in [-0.15, -0.1) is 0 Å². The third kappa shape index (κ3) is 38.7. The Morgan fingerprint density at radius 1 is 0.554 bits per heavy atom. The van der Waals surface area contributed by atoms with E-state index in [2.05, 4.69) is 92.8 Å². The second-order valence-corrected chi connectivity index (χ2v) is 14.9. The number of allylic oxidation sites excluding steroid dienone is 14. The minimum atomic E-state index is -1.64. The van der Waals surface area contributed by atoms with Crippen LogP contribution in [0.15, 0.2) is 85.1 Å². The molecule has 0 bridgehead atoms. The van der Waals surface area contributed by atoms with Crippen LogP contribution in [0.25, 0.3) is 0 Å². The summed E-state index contributed by atoms with van der Waals surface area (Å²) in [4.78, 5) is 36.9. The van der Waals surface area contributed by atoms with Gasteiger partial charge in [0.1, 0.15) is 13.2 Å². The summed E-state index contributed by atoms with van der Waals surface area (Å²) in [6, 6.07) is 0. The second kappa shape index (κ2) is 38.3. The first-order chi connectivity index (χ1) is 27.1. The topological polar surface area (TPSA) is 111 Å². The number of nitrogens with zero attached hydrogens (tertiary/aromatic N) is 1. The van der Waals surface area contributed by atoms with Crippen LogP contribution in [0.2, 0.25) is 0 Å². The third-order valence-corrected chi connectivity index (χ3v) is 8.38. The molecule has 0 aliphatic heterocycles. The molecule has 0 aliphatic rings. The van der Waals surface area contributed by atoms with Crippen LogP contribution < -0.4 is 5.11 Å². The van der Waals surface area contributed by atoms with Gasteiger partial charge >= 0.3 is 11.9 Å². The molecule has 0 rings (SSSR count). The predicted molar refractivity (Wildman–Crippen MR) is 227 cm³/mol. The van der Waals surface area contributed by atoms with Crippen molar-refractivity contribution in [3.8, 4) is 0 Å². The Bertz CT molecular complexity index is 1190. The maximum Gasteiger partial charge on any atom is 0.306 e. The van der Waals surface area contributed by atoms with Gasteiger partial charge in [0.15, 0.2) is 12.4 Å². The summed E-state index contributed by atoms with van der Waals surface area (Å²) >= 11 is 0. The zero-order chi connectivity index (χ0) is 41.4. The smallest absolute Gasteiger partial charge is 0.306 e. The van der Waals surface area contributed by atoms with Crippen LogP contribution >= 0.6 is 0 Å². The van der Waals surface area contributed by atoms with E-state index in [4.69, 9.17) is 18.9 Å². The molecule has 0 saturated heterocycles. The minimum absolute atomic E-state index is 0.130. The van der Waals surface area contributed by atoms with Crippen LogP contribution in [0.4, 0.5) is 0 Å². The fourth-order valence-corrected chi connectivity index (χ4v) is 5.05. The molecule has 0 aromatic rings. The van der Waals surface area contributed by atoms with E-state index in [1.54, 1.807) is 0 Å². The molecular formula is C47H77NO8. The number of esters is 2. The highest BCUT2D eigenvalue weighted by Crippen LogP contribution is 2.11. The quantitative estimate of drug-likeness (QED) is 0.0202. The van der Waals surface area contributed by atoms with Gasteiger partial charge in [-0.25, -0.2) is 0 Å². The lowest BCUT2D eigenvalue weighted by Crippen LogP contribution is -2.44. The summed E-state index contributed by atoms with van der Waals surface area (Å²) in [5.41, 5.74) is 0. The molecule has 0 radical (unpaired) electrons. The van der Waals surface area contributed by atoms with Gasteiger partial charge in [0.2, 0.25) is 0 Å². The summed E-state index contributed by atoms with van der Waals surface area (Å²) < 4.78 is 22.4. The molecule has 0 N–H and O–H groups in total. The average Bonchev–Trinajstić information content (AvgIpc) is 3.15. The van der Waals surface area contributed by atoms with Crippen molar-refractivity contribution >= 4 is 17.9 Å². The Kier molecular flexibility index (Phi) is 35.9. The standard InChI is InChI=1S/C47H77NO8/c1-6-8-10-12-14-16-18-20-22-23-24-26-28-30-32-34-36-38-45(50)56-43(42-55-47(46(51)52)53-40-39-48(3,4)5)41-54-44(49)37-35-33-31-29-27-25-21-19-17-15-13-11-9-7-2/h8,10,13-16,19-22,24,26,30,32,43,47H,6-7,9,11-12,17-18,23,25,27-29,31,33-42H2,1-5H3/b10-8-,15-13-,16-14-,21-19-,22-20-,26-24-,32-30-. The van der Waals surface area contributed by atoms with E-state index in [0.717, 1.165) is 77.0 Å². The van der Waals surface area contributed by atoms with Crippen molar-refractivity contribution in [2.75, 3.05) is 47.5 Å². The number of carboxylic acid groups (broad SMARTS) is 1. The molecule has 0 amide bonds. The molecule has 0 aromatic heterocycles. The number of aliphatic carboxylic acids is 1. The Balaban J connectivity index is 4.63. The lowest BCUT2D eigenvalue weighted by atomic mass is 10.1. The number of hydrogen-bond donors (Lipinski definition) is 0. The zero-order valence-electron chi connectivity index (χ0n) is 35.7. The number of carbonyl (C=O) groups is 3. The number of likely N-dealkylation sites (N-methyl/N-ethyl adjacent to an activating group) is 1. The molecule has 2 atom stereocenters. The van der Waals surface area contributed by atoms with Gasteiger partial charge < -0.3 is 33.3 Å². The number of quaternary nitrogens is 1. The largest absolute Gasteiger partial charge is 0.545 e. The summed E-state index contributed by atoms with van der Waals surface area (Å²) in [6.07, 6.45) is 44.8. The molecule has 2 unspecified atom stereocenters. The summed E-state index contributed by atoms with van der Waals surface area (Å²) in [5.74, 6) is -2.40. The van der Waals surface area contributed by atoms with Crippen LogP contribution in [0.1, 0.15) is 136 Å². The van der Waals surface area contributed by atoms with Gasteiger partial charge in [-0.05, 0) is 77.0 Å². The third-order valence-electron chi connectivity index (χ3n) is 8.38. The SMILES string of the molecule is CC/C=C\C/C=C\C/C=C\C/C=C\C/C=C\CCCC(=O)OC(COC(=O)CCCCCCC/C=C\C/C=C\CCCC)COC(OCC[N+](C)(C)C)C(=O)[O-]. The molecule has 9 heteroatoms. The van der Waals surface area contributed by atoms with Crippen LogP contribution in [0.3, 0.4) is 0 Å². The second-order valence-electron chi connectivity index (χ2n) is 14.9. The van der Waals surface area contributed by atoms with Crippen molar-refractivity contribution < 1.29 is 42.9 Å². The van der Waals surface area contributed by atoms with E-state index in [0.29, 0.717) is 30.3 Å². The first-order valence-electron chi connectivity index (χ1n) is 21.2.